The number of nitrogens with one attached hydrogen (secondary N) is 1. The van der Waals surface area contributed by atoms with Crippen molar-refractivity contribution in [2.45, 2.75) is 0 Å². The lowest BCUT2D eigenvalue weighted by atomic mass is 10.2. The highest BCUT2D eigenvalue weighted by molar-refractivity contribution is 5.91. The van der Waals surface area contributed by atoms with Crippen LogP contribution < -0.4 is 15.9 Å². The molecule has 9 nitrogen and oxygen atoms in total. The van der Waals surface area contributed by atoms with E-state index >= 15 is 0 Å². The van der Waals surface area contributed by atoms with Crippen molar-refractivity contribution in [2.24, 2.45) is 10.8 Å². The molecule has 0 atom stereocenters. The number of non-ortho nitro benzene ring substituents is 1. The van der Waals surface area contributed by atoms with Crippen LogP contribution in [0.4, 0.5) is 10.5 Å². The van der Waals surface area contributed by atoms with Gasteiger partial charge in [-0.05, 0) is 35.9 Å². The lowest BCUT2D eigenvalue weighted by Gasteiger charge is -2.04. The lowest BCUT2D eigenvalue weighted by Crippen LogP contribution is -2.24. The molecule has 0 unspecified atom stereocenters. The van der Waals surface area contributed by atoms with E-state index in [0.717, 1.165) is 6.07 Å². The number of hydrazone groups is 1. The molecule has 0 aliphatic heterocycles. The van der Waals surface area contributed by atoms with E-state index in [0.29, 0.717) is 5.56 Å². The summed E-state index contributed by atoms with van der Waals surface area (Å²) < 4.78 is 5.14. The van der Waals surface area contributed by atoms with Crippen LogP contribution in [0.15, 0.2) is 53.6 Å². The van der Waals surface area contributed by atoms with Crippen molar-refractivity contribution >= 4 is 23.9 Å². The van der Waals surface area contributed by atoms with Gasteiger partial charge in [-0.1, -0.05) is 6.07 Å². The van der Waals surface area contributed by atoms with Crippen molar-refractivity contribution in [3.63, 3.8) is 0 Å². The number of nitro groups is 1. The van der Waals surface area contributed by atoms with Gasteiger partial charge < -0.3 is 10.5 Å². The van der Waals surface area contributed by atoms with Gasteiger partial charge in [-0.3, -0.25) is 10.1 Å². The second kappa shape index (κ2) is 7.49. The van der Waals surface area contributed by atoms with Crippen molar-refractivity contribution in [2.75, 3.05) is 0 Å². The maximum Gasteiger partial charge on any atom is 0.343 e. The third kappa shape index (κ3) is 4.63. The van der Waals surface area contributed by atoms with Crippen molar-refractivity contribution in [1.29, 1.82) is 0 Å². The van der Waals surface area contributed by atoms with Crippen LogP contribution in [0.3, 0.4) is 0 Å². The number of hydrogen-bond acceptors (Lipinski definition) is 6. The third-order valence-electron chi connectivity index (χ3n) is 2.77. The van der Waals surface area contributed by atoms with Gasteiger partial charge in [-0.25, -0.2) is 15.0 Å². The Kier molecular flexibility index (Phi) is 5.19. The van der Waals surface area contributed by atoms with Crippen LogP contribution in [0.1, 0.15) is 15.9 Å². The van der Waals surface area contributed by atoms with E-state index in [1.54, 1.807) is 12.1 Å². The zero-order chi connectivity index (χ0) is 17.5. The average molecular weight is 328 g/mol. The molecule has 122 valence electrons. The number of ether oxygens (including phenoxy) is 1. The quantitative estimate of drug-likeness (QED) is 0.283. The number of benzene rings is 2. The molecule has 2 aromatic rings. The zero-order valence-corrected chi connectivity index (χ0v) is 12.2. The Morgan fingerprint density at radius 1 is 1.21 bits per heavy atom. The second-order valence-electron chi connectivity index (χ2n) is 4.50. The van der Waals surface area contributed by atoms with E-state index in [1.807, 2.05) is 5.43 Å². The highest BCUT2D eigenvalue weighted by Crippen LogP contribution is 2.17. The van der Waals surface area contributed by atoms with Crippen LogP contribution in [0.2, 0.25) is 0 Å². The lowest BCUT2D eigenvalue weighted by molar-refractivity contribution is -0.384. The molecular weight excluding hydrogens is 316 g/mol. The van der Waals surface area contributed by atoms with E-state index < -0.39 is 16.9 Å². The number of rotatable bonds is 5. The molecular formula is C15H12N4O5. The minimum Gasteiger partial charge on any atom is -0.423 e. The highest BCUT2D eigenvalue weighted by atomic mass is 16.6. The van der Waals surface area contributed by atoms with E-state index in [-0.39, 0.29) is 17.0 Å². The van der Waals surface area contributed by atoms with Gasteiger partial charge in [0, 0.05) is 12.1 Å². The number of amides is 2. The molecule has 3 N–H and O–H groups in total. The second-order valence-corrected chi connectivity index (χ2v) is 4.50. The number of hydrogen-bond donors (Lipinski definition) is 2. The number of carbonyl (C=O) groups excluding carboxylic acids is 2. The Hall–Kier alpha value is -3.75. The van der Waals surface area contributed by atoms with Crippen LogP contribution in [0, 0.1) is 10.1 Å². The van der Waals surface area contributed by atoms with Crippen molar-refractivity contribution in [1.82, 2.24) is 5.43 Å². The summed E-state index contributed by atoms with van der Waals surface area (Å²) in [7, 11) is 0. The average Bonchev–Trinajstić information content (AvgIpc) is 2.56. The Morgan fingerprint density at radius 3 is 2.54 bits per heavy atom. The topological polar surface area (TPSA) is 137 Å². The fourth-order valence-electron chi connectivity index (χ4n) is 1.70. The van der Waals surface area contributed by atoms with Gasteiger partial charge >= 0.3 is 12.0 Å². The molecule has 0 spiro atoms. The van der Waals surface area contributed by atoms with Crippen LogP contribution in [-0.4, -0.2) is 23.1 Å². The number of nitrogens with two attached hydrogens (primary N) is 1. The monoisotopic (exact) mass is 328 g/mol. The van der Waals surface area contributed by atoms with Gasteiger partial charge in [-0.15, -0.1) is 0 Å². The summed E-state index contributed by atoms with van der Waals surface area (Å²) in [6, 6.07) is 10.7. The minimum absolute atomic E-state index is 0.0699. The number of nitro benzene ring substituents is 1. The molecule has 0 fully saturated rings. The molecule has 0 radical (unpaired) electrons. The molecule has 0 saturated carbocycles. The van der Waals surface area contributed by atoms with Crippen LogP contribution in [0.25, 0.3) is 0 Å². The van der Waals surface area contributed by atoms with Crippen molar-refractivity contribution in [3.05, 3.63) is 69.8 Å². The first-order chi connectivity index (χ1) is 11.5. The third-order valence-corrected chi connectivity index (χ3v) is 2.77. The first kappa shape index (κ1) is 16.6. The maximum atomic E-state index is 12.0. The fourth-order valence-corrected chi connectivity index (χ4v) is 1.70. The van der Waals surface area contributed by atoms with Crippen LogP contribution in [-0.2, 0) is 0 Å². The van der Waals surface area contributed by atoms with Crippen molar-refractivity contribution in [3.8, 4) is 5.75 Å². The molecule has 0 bridgehead atoms. The Morgan fingerprint density at radius 2 is 1.92 bits per heavy atom. The number of carbonyl (C=O) groups is 2. The molecule has 2 aromatic carbocycles. The molecule has 0 aliphatic rings. The molecule has 9 heteroatoms. The van der Waals surface area contributed by atoms with E-state index in [2.05, 4.69) is 5.10 Å². The summed E-state index contributed by atoms with van der Waals surface area (Å²) in [6.45, 7) is 0. The Balaban J connectivity index is 2.04. The predicted molar refractivity (Wildman–Crippen MR) is 84.8 cm³/mol. The van der Waals surface area contributed by atoms with Gasteiger partial charge in [0.25, 0.3) is 5.69 Å². The molecule has 0 aliphatic carbocycles. The minimum atomic E-state index is -0.784. The summed E-state index contributed by atoms with van der Waals surface area (Å²) in [5.41, 5.74) is 7.41. The zero-order valence-electron chi connectivity index (χ0n) is 12.2. The molecule has 0 heterocycles. The van der Waals surface area contributed by atoms with E-state index in [4.69, 9.17) is 10.5 Å². The Labute approximate surface area is 135 Å². The van der Waals surface area contributed by atoms with Gasteiger partial charge in [0.2, 0.25) is 0 Å². The number of urea groups is 1. The predicted octanol–water partition coefficient (Wildman–Crippen LogP) is 1.82. The number of primary amides is 1. The number of nitrogens with zero attached hydrogens (tertiary/aromatic N) is 2. The first-order valence-electron chi connectivity index (χ1n) is 6.61. The van der Waals surface area contributed by atoms with Crippen molar-refractivity contribution < 1.29 is 19.2 Å². The van der Waals surface area contributed by atoms with Gasteiger partial charge in [0.15, 0.2) is 0 Å². The summed E-state index contributed by atoms with van der Waals surface area (Å²) in [6.07, 6.45) is 1.36. The van der Waals surface area contributed by atoms with E-state index in [1.165, 1.54) is 36.5 Å². The smallest absolute Gasteiger partial charge is 0.343 e. The van der Waals surface area contributed by atoms with Gasteiger partial charge in [0.1, 0.15) is 5.75 Å². The summed E-state index contributed by atoms with van der Waals surface area (Å²) >= 11 is 0. The van der Waals surface area contributed by atoms with Gasteiger partial charge in [-0.2, -0.15) is 5.10 Å². The Bertz CT molecular complexity index is 802. The maximum absolute atomic E-state index is 12.0. The van der Waals surface area contributed by atoms with Crippen LogP contribution >= 0.6 is 0 Å². The molecule has 0 aromatic heterocycles. The summed E-state index contributed by atoms with van der Waals surface area (Å²) in [5.74, 6) is -0.456. The van der Waals surface area contributed by atoms with E-state index in [9.17, 15) is 19.7 Å². The molecule has 24 heavy (non-hydrogen) atoms. The fraction of sp³-hybridized carbons (Fsp3) is 0. The van der Waals surface area contributed by atoms with Gasteiger partial charge in [0.05, 0.1) is 16.7 Å². The van der Waals surface area contributed by atoms with Crippen LogP contribution in [0.5, 0.6) is 5.75 Å². The SMILES string of the molecule is NC(=O)NN=Cc1ccc(OC(=O)c2cccc([N+](=O)[O-])c2)cc1. The summed E-state index contributed by atoms with van der Waals surface area (Å²) in [5, 5.41) is 14.3. The normalized spacial score (nSPS) is 10.3. The molecule has 2 amide bonds. The largest absolute Gasteiger partial charge is 0.423 e. The molecule has 2 rings (SSSR count). The first-order valence-corrected chi connectivity index (χ1v) is 6.61. The summed E-state index contributed by atoms with van der Waals surface area (Å²) in [4.78, 5) is 32.6. The molecule has 0 saturated heterocycles. The standard InChI is InChI=1S/C15H12N4O5/c16-15(21)18-17-9-10-4-6-13(7-5-10)24-14(20)11-2-1-3-12(8-11)19(22)23/h1-9H,(H3,16,18,21). The highest BCUT2D eigenvalue weighted by Gasteiger charge is 2.13. The number of esters is 1.